The molecule has 2 aliphatic rings. The van der Waals surface area contributed by atoms with E-state index in [4.69, 9.17) is 30.8 Å². The maximum absolute atomic E-state index is 12.7. The number of morpholine rings is 2. The molecule has 5 rings (SSSR count). The molecular formula is C28H32ClF3N4O4. The summed E-state index contributed by atoms with van der Waals surface area (Å²) in [5.74, 6) is 1.04. The van der Waals surface area contributed by atoms with Crippen molar-refractivity contribution in [2.24, 2.45) is 0 Å². The van der Waals surface area contributed by atoms with Crippen LogP contribution in [0.3, 0.4) is 0 Å². The second-order valence-electron chi connectivity index (χ2n) is 9.56. The van der Waals surface area contributed by atoms with Gasteiger partial charge in [0.1, 0.15) is 23.9 Å². The Morgan fingerprint density at radius 2 is 1.50 bits per heavy atom. The minimum Gasteiger partial charge on any atom is -0.492 e. The van der Waals surface area contributed by atoms with Gasteiger partial charge in [-0.3, -0.25) is 9.80 Å². The average Bonchev–Trinajstić information content (AvgIpc) is 2.96. The minimum absolute atomic E-state index is 0.280. The lowest BCUT2D eigenvalue weighted by molar-refractivity contribution is -0.274. The third kappa shape index (κ3) is 7.67. The molecule has 2 aromatic carbocycles. The number of benzene rings is 2. The summed E-state index contributed by atoms with van der Waals surface area (Å²) in [6.07, 6.45) is -4.75. The van der Waals surface area contributed by atoms with Gasteiger partial charge in [-0.1, -0.05) is 11.6 Å². The van der Waals surface area contributed by atoms with Gasteiger partial charge in [-0.05, 0) is 48.5 Å². The third-order valence-electron chi connectivity index (χ3n) is 6.92. The van der Waals surface area contributed by atoms with E-state index in [1.165, 1.54) is 12.1 Å². The van der Waals surface area contributed by atoms with Crippen LogP contribution in [0.15, 0.2) is 48.5 Å². The Morgan fingerprint density at radius 1 is 0.850 bits per heavy atom. The largest absolute Gasteiger partial charge is 0.573 e. The Kier molecular flexibility index (Phi) is 9.48. The number of aromatic nitrogens is 1. The minimum atomic E-state index is -4.75. The summed E-state index contributed by atoms with van der Waals surface area (Å²) >= 11 is 6.58. The van der Waals surface area contributed by atoms with Crippen molar-refractivity contribution in [3.05, 3.63) is 53.6 Å². The fourth-order valence-electron chi connectivity index (χ4n) is 4.80. The molecule has 0 bridgehead atoms. The quantitative estimate of drug-likeness (QED) is 0.333. The zero-order valence-electron chi connectivity index (χ0n) is 22.0. The first-order chi connectivity index (χ1) is 19.4. The van der Waals surface area contributed by atoms with E-state index in [1.807, 2.05) is 23.1 Å². The van der Waals surface area contributed by atoms with Gasteiger partial charge in [0.2, 0.25) is 0 Å². The van der Waals surface area contributed by atoms with Crippen LogP contribution in [0.1, 0.15) is 0 Å². The SMILES string of the molecule is FC(F)(F)Oc1ccc(N(CCN2CCOCC2)c2ccc3c(OCCN4CCOCC4)ccc(Cl)c3n2)cc1. The zero-order chi connectivity index (χ0) is 28.0. The molecule has 0 aliphatic carbocycles. The van der Waals surface area contributed by atoms with E-state index in [2.05, 4.69) is 14.5 Å². The molecule has 2 saturated heterocycles. The highest BCUT2D eigenvalue weighted by Gasteiger charge is 2.31. The number of hydrogen-bond donors (Lipinski definition) is 0. The standard InChI is InChI=1S/C28H32ClF3N4O4/c29-24-6-7-25(39-20-15-35-13-18-38-19-14-35)23-5-8-26(33-27(23)24)36(10-9-34-11-16-37-17-12-34)21-1-3-22(4-2-21)40-28(30,31)32/h1-8H,9-20H2. The molecule has 1 aromatic heterocycles. The number of ether oxygens (including phenoxy) is 4. The summed E-state index contributed by atoms with van der Waals surface area (Å²) < 4.78 is 59.1. The first-order valence-corrected chi connectivity index (χ1v) is 13.7. The second kappa shape index (κ2) is 13.2. The molecule has 0 saturated carbocycles. The molecule has 0 spiro atoms. The van der Waals surface area contributed by atoms with Crippen LogP contribution < -0.4 is 14.4 Å². The number of rotatable bonds is 10. The molecule has 0 unspecified atom stereocenters. The van der Waals surface area contributed by atoms with Gasteiger partial charge in [-0.25, -0.2) is 4.98 Å². The van der Waals surface area contributed by atoms with Gasteiger partial charge < -0.3 is 23.8 Å². The molecule has 2 fully saturated rings. The van der Waals surface area contributed by atoms with E-state index < -0.39 is 6.36 Å². The Hall–Kier alpha value is -2.83. The molecule has 2 aliphatic heterocycles. The van der Waals surface area contributed by atoms with Crippen LogP contribution in [0.2, 0.25) is 5.02 Å². The Balaban J connectivity index is 1.38. The number of hydrogen-bond acceptors (Lipinski definition) is 8. The fourth-order valence-corrected chi connectivity index (χ4v) is 5.01. The summed E-state index contributed by atoms with van der Waals surface area (Å²) in [4.78, 5) is 11.4. The topological polar surface area (TPSA) is 59.5 Å². The Bertz CT molecular complexity index is 1250. The summed E-state index contributed by atoms with van der Waals surface area (Å²) in [5, 5.41) is 1.28. The van der Waals surface area contributed by atoms with Gasteiger partial charge in [-0.2, -0.15) is 0 Å². The van der Waals surface area contributed by atoms with E-state index in [0.29, 0.717) is 54.2 Å². The van der Waals surface area contributed by atoms with Crippen LogP contribution in [-0.4, -0.2) is 100.0 Å². The molecule has 3 heterocycles. The molecule has 12 heteroatoms. The van der Waals surface area contributed by atoms with Crippen molar-refractivity contribution in [3.8, 4) is 11.5 Å². The summed E-state index contributed by atoms with van der Waals surface area (Å²) in [6.45, 7) is 8.81. The second-order valence-corrected chi connectivity index (χ2v) is 9.97. The summed E-state index contributed by atoms with van der Waals surface area (Å²) in [6, 6.07) is 13.2. The average molecular weight is 581 g/mol. The maximum atomic E-state index is 12.7. The molecule has 8 nitrogen and oxygen atoms in total. The lowest BCUT2D eigenvalue weighted by Gasteiger charge is -2.31. The number of fused-ring (bicyclic) bond motifs is 1. The van der Waals surface area contributed by atoms with Crippen LogP contribution in [0, 0.1) is 0 Å². The molecule has 3 aromatic rings. The smallest absolute Gasteiger partial charge is 0.492 e. The first kappa shape index (κ1) is 28.7. The summed E-state index contributed by atoms with van der Waals surface area (Å²) in [7, 11) is 0. The van der Waals surface area contributed by atoms with E-state index in [9.17, 15) is 13.2 Å². The van der Waals surface area contributed by atoms with Crippen LogP contribution in [0.25, 0.3) is 10.9 Å². The number of pyridine rings is 1. The van der Waals surface area contributed by atoms with E-state index in [0.717, 1.165) is 57.9 Å². The fraction of sp³-hybridized carbons (Fsp3) is 0.464. The van der Waals surface area contributed by atoms with Crippen molar-refractivity contribution in [1.82, 2.24) is 14.8 Å². The van der Waals surface area contributed by atoms with Crippen molar-refractivity contribution in [3.63, 3.8) is 0 Å². The lowest BCUT2D eigenvalue weighted by Crippen LogP contribution is -2.40. The molecular weight excluding hydrogens is 549 g/mol. The van der Waals surface area contributed by atoms with Gasteiger partial charge >= 0.3 is 6.36 Å². The van der Waals surface area contributed by atoms with Gasteiger partial charge in [0.15, 0.2) is 0 Å². The Labute approximate surface area is 236 Å². The molecule has 216 valence electrons. The molecule has 40 heavy (non-hydrogen) atoms. The summed E-state index contributed by atoms with van der Waals surface area (Å²) in [5.41, 5.74) is 1.28. The van der Waals surface area contributed by atoms with Crippen LogP contribution in [0.5, 0.6) is 11.5 Å². The predicted octanol–water partition coefficient (Wildman–Crippen LogP) is 4.97. The van der Waals surface area contributed by atoms with Gasteiger partial charge in [-0.15, -0.1) is 13.2 Å². The Morgan fingerprint density at radius 3 is 2.15 bits per heavy atom. The van der Waals surface area contributed by atoms with Crippen molar-refractivity contribution in [2.75, 3.05) is 83.7 Å². The lowest BCUT2D eigenvalue weighted by atomic mass is 10.2. The van der Waals surface area contributed by atoms with Crippen molar-refractivity contribution in [1.29, 1.82) is 0 Å². The number of nitrogens with zero attached hydrogens (tertiary/aromatic N) is 4. The van der Waals surface area contributed by atoms with Crippen LogP contribution in [-0.2, 0) is 9.47 Å². The van der Waals surface area contributed by atoms with Gasteiger partial charge in [0, 0.05) is 56.9 Å². The molecule has 0 radical (unpaired) electrons. The first-order valence-electron chi connectivity index (χ1n) is 13.3. The van der Waals surface area contributed by atoms with Crippen molar-refractivity contribution < 1.29 is 32.1 Å². The van der Waals surface area contributed by atoms with Gasteiger partial charge in [0.05, 0.1) is 37.0 Å². The zero-order valence-corrected chi connectivity index (χ0v) is 22.8. The highest BCUT2D eigenvalue weighted by molar-refractivity contribution is 6.35. The maximum Gasteiger partial charge on any atom is 0.573 e. The molecule has 0 atom stereocenters. The van der Waals surface area contributed by atoms with Gasteiger partial charge in [0.25, 0.3) is 0 Å². The van der Waals surface area contributed by atoms with Crippen LogP contribution in [0.4, 0.5) is 24.7 Å². The molecule has 0 N–H and O–H groups in total. The monoisotopic (exact) mass is 580 g/mol. The highest BCUT2D eigenvalue weighted by Crippen LogP contribution is 2.34. The number of alkyl halides is 3. The predicted molar refractivity (Wildman–Crippen MR) is 147 cm³/mol. The van der Waals surface area contributed by atoms with Crippen LogP contribution >= 0.6 is 11.6 Å². The third-order valence-corrected chi connectivity index (χ3v) is 7.23. The number of anilines is 2. The highest BCUT2D eigenvalue weighted by atomic mass is 35.5. The van der Waals surface area contributed by atoms with Crippen molar-refractivity contribution >= 4 is 34.0 Å². The van der Waals surface area contributed by atoms with E-state index >= 15 is 0 Å². The van der Waals surface area contributed by atoms with E-state index in [-0.39, 0.29) is 5.75 Å². The van der Waals surface area contributed by atoms with Crippen molar-refractivity contribution in [2.45, 2.75) is 6.36 Å². The number of halogens is 4. The molecule has 0 amide bonds. The van der Waals surface area contributed by atoms with E-state index in [1.54, 1.807) is 18.2 Å². The normalized spacial score (nSPS) is 17.2.